The summed E-state index contributed by atoms with van der Waals surface area (Å²) in [6.45, 7) is 3.88. The van der Waals surface area contributed by atoms with Crippen molar-refractivity contribution in [3.63, 3.8) is 0 Å². The highest BCUT2D eigenvalue weighted by atomic mass is 19.4. The maximum atomic E-state index is 12.7. The molecule has 1 N–H and O–H groups in total. The van der Waals surface area contributed by atoms with Crippen LogP contribution in [0.15, 0.2) is 18.2 Å². The minimum Gasteiger partial charge on any atom is -0.446 e. The highest BCUT2D eigenvalue weighted by Gasteiger charge is 2.35. The van der Waals surface area contributed by atoms with Crippen LogP contribution in [0.3, 0.4) is 0 Å². The van der Waals surface area contributed by atoms with Gasteiger partial charge >= 0.3 is 13.1 Å². The average molecular weight is 230 g/mol. The first-order chi connectivity index (χ1) is 7.23. The van der Waals surface area contributed by atoms with Crippen molar-refractivity contribution in [2.75, 3.05) is 0 Å². The summed E-state index contributed by atoms with van der Waals surface area (Å²) in [7, 11) is 0. The van der Waals surface area contributed by atoms with Gasteiger partial charge in [-0.3, -0.25) is 0 Å². The molecule has 0 aromatic heterocycles. The minimum atomic E-state index is -4.42. The van der Waals surface area contributed by atoms with E-state index in [4.69, 9.17) is 0 Å². The molecule has 1 aromatic rings. The van der Waals surface area contributed by atoms with Gasteiger partial charge in [-0.05, 0) is 23.0 Å². The van der Waals surface area contributed by atoms with Gasteiger partial charge in [0.05, 0.1) is 5.56 Å². The molecule has 1 aromatic carbocycles. The van der Waals surface area contributed by atoms with Crippen LogP contribution in [0, 0.1) is 0 Å². The van der Waals surface area contributed by atoms with Gasteiger partial charge in [0.2, 0.25) is 0 Å². The van der Waals surface area contributed by atoms with Crippen molar-refractivity contribution in [3.8, 4) is 0 Å². The summed E-state index contributed by atoms with van der Waals surface area (Å²) >= 11 is 0. The Morgan fingerprint density at radius 1 is 1.25 bits per heavy atom. The van der Waals surface area contributed by atoms with Crippen molar-refractivity contribution in [1.82, 2.24) is 0 Å². The van der Waals surface area contributed by atoms with E-state index in [1.165, 1.54) is 12.9 Å². The van der Waals surface area contributed by atoms with E-state index in [1.54, 1.807) is 6.07 Å². The molecule has 88 valence electrons. The van der Waals surface area contributed by atoms with Crippen LogP contribution in [0.2, 0.25) is 6.82 Å². The van der Waals surface area contributed by atoms with Crippen molar-refractivity contribution in [2.24, 2.45) is 0 Å². The highest BCUT2D eigenvalue weighted by Crippen LogP contribution is 2.30. The van der Waals surface area contributed by atoms with E-state index >= 15 is 0 Å². The van der Waals surface area contributed by atoms with E-state index in [9.17, 15) is 18.2 Å². The zero-order valence-electron chi connectivity index (χ0n) is 9.47. The van der Waals surface area contributed by atoms with E-state index in [1.807, 2.05) is 13.8 Å². The van der Waals surface area contributed by atoms with Gasteiger partial charge in [-0.25, -0.2) is 0 Å². The second-order valence-electron chi connectivity index (χ2n) is 4.18. The van der Waals surface area contributed by atoms with Crippen LogP contribution in [0.25, 0.3) is 0 Å². The van der Waals surface area contributed by atoms with Crippen LogP contribution >= 0.6 is 0 Å². The Balaban J connectivity index is 3.33. The van der Waals surface area contributed by atoms with Crippen molar-refractivity contribution in [1.29, 1.82) is 0 Å². The fourth-order valence-corrected chi connectivity index (χ4v) is 1.54. The first kappa shape index (κ1) is 13.1. The molecule has 0 radical (unpaired) electrons. The van der Waals surface area contributed by atoms with E-state index in [0.717, 1.165) is 6.07 Å². The second kappa shape index (κ2) is 4.49. The lowest BCUT2D eigenvalue weighted by atomic mass is 9.62. The molecule has 0 bridgehead atoms. The number of hydrogen-bond donors (Lipinski definition) is 1. The number of rotatable bonds is 2. The van der Waals surface area contributed by atoms with E-state index in [-0.39, 0.29) is 11.4 Å². The van der Waals surface area contributed by atoms with Crippen LogP contribution in [0.5, 0.6) is 0 Å². The number of halogens is 3. The predicted octanol–water partition coefficient (Wildman–Crippen LogP) is 2.65. The Kier molecular flexibility index (Phi) is 3.68. The van der Waals surface area contributed by atoms with Crippen molar-refractivity contribution in [3.05, 3.63) is 29.3 Å². The monoisotopic (exact) mass is 230 g/mol. The van der Waals surface area contributed by atoms with Crippen LogP contribution in [-0.4, -0.2) is 11.9 Å². The van der Waals surface area contributed by atoms with Gasteiger partial charge in [-0.2, -0.15) is 13.2 Å². The molecule has 0 unspecified atom stereocenters. The van der Waals surface area contributed by atoms with Crippen LogP contribution in [-0.2, 0) is 6.18 Å². The summed E-state index contributed by atoms with van der Waals surface area (Å²) in [6.07, 6.45) is -4.42. The van der Waals surface area contributed by atoms with Gasteiger partial charge < -0.3 is 5.02 Å². The second-order valence-corrected chi connectivity index (χ2v) is 4.18. The van der Waals surface area contributed by atoms with Crippen LogP contribution < -0.4 is 5.46 Å². The zero-order chi connectivity index (χ0) is 12.5. The van der Waals surface area contributed by atoms with E-state index in [2.05, 4.69) is 0 Å². The lowest BCUT2D eigenvalue weighted by Gasteiger charge is -2.16. The van der Waals surface area contributed by atoms with Crippen molar-refractivity contribution >= 4 is 12.4 Å². The van der Waals surface area contributed by atoms with Gasteiger partial charge in [-0.1, -0.05) is 32.8 Å². The van der Waals surface area contributed by atoms with Crippen molar-refractivity contribution in [2.45, 2.75) is 32.8 Å². The smallest absolute Gasteiger partial charge is 0.416 e. The fourth-order valence-electron chi connectivity index (χ4n) is 1.54. The first-order valence-electron chi connectivity index (χ1n) is 5.12. The molecule has 0 saturated carbocycles. The highest BCUT2D eigenvalue weighted by molar-refractivity contribution is 6.65. The van der Waals surface area contributed by atoms with Crippen molar-refractivity contribution < 1.29 is 18.2 Å². The number of alkyl halides is 3. The van der Waals surface area contributed by atoms with Crippen LogP contribution in [0.1, 0.15) is 30.9 Å². The largest absolute Gasteiger partial charge is 0.446 e. The molecule has 16 heavy (non-hydrogen) atoms. The van der Waals surface area contributed by atoms with Gasteiger partial charge in [0, 0.05) is 0 Å². The molecule has 0 heterocycles. The summed E-state index contributed by atoms with van der Waals surface area (Å²) < 4.78 is 38.2. The van der Waals surface area contributed by atoms with Gasteiger partial charge in [0.15, 0.2) is 0 Å². The molecule has 0 aliphatic rings. The molecule has 5 heteroatoms. The summed E-state index contributed by atoms with van der Waals surface area (Å²) in [5.74, 6) is 0.0316. The van der Waals surface area contributed by atoms with Crippen LogP contribution in [0.4, 0.5) is 13.2 Å². The Hall–Kier alpha value is -0.965. The zero-order valence-corrected chi connectivity index (χ0v) is 9.47. The third-order valence-electron chi connectivity index (χ3n) is 2.50. The molecule has 0 aliphatic carbocycles. The molecular formula is C11H14BF3O. The molecule has 0 spiro atoms. The summed E-state index contributed by atoms with van der Waals surface area (Å²) in [5, 5.41) is 9.30. The van der Waals surface area contributed by atoms with Gasteiger partial charge in [0.1, 0.15) is 0 Å². The topological polar surface area (TPSA) is 20.2 Å². The average Bonchev–Trinajstić information content (AvgIpc) is 2.15. The lowest BCUT2D eigenvalue weighted by molar-refractivity contribution is -0.136. The summed E-state index contributed by atoms with van der Waals surface area (Å²) in [5.41, 5.74) is -0.192. The SMILES string of the molecule is CB(O)c1ccc(C(C)C)cc1C(F)(F)F. The maximum absolute atomic E-state index is 12.7. The third kappa shape index (κ3) is 2.79. The van der Waals surface area contributed by atoms with E-state index < -0.39 is 18.7 Å². The Bertz CT molecular complexity index is 372. The number of benzene rings is 1. The fraction of sp³-hybridized carbons (Fsp3) is 0.455. The predicted molar refractivity (Wildman–Crippen MR) is 59.0 cm³/mol. The molecule has 0 aliphatic heterocycles. The molecule has 0 atom stereocenters. The molecule has 0 amide bonds. The van der Waals surface area contributed by atoms with Gasteiger partial charge in [-0.15, -0.1) is 0 Å². The quantitative estimate of drug-likeness (QED) is 0.774. The first-order valence-corrected chi connectivity index (χ1v) is 5.12. The molecule has 1 rings (SSSR count). The molecule has 0 saturated heterocycles. The van der Waals surface area contributed by atoms with Gasteiger partial charge in [0.25, 0.3) is 0 Å². The normalized spacial score (nSPS) is 12.0. The Labute approximate surface area is 93.4 Å². The summed E-state index contributed by atoms with van der Waals surface area (Å²) in [4.78, 5) is 0. The molecular weight excluding hydrogens is 216 g/mol. The molecule has 1 nitrogen and oxygen atoms in total. The third-order valence-corrected chi connectivity index (χ3v) is 2.50. The molecule has 0 fully saturated rings. The summed E-state index contributed by atoms with van der Waals surface area (Å²) in [6, 6.07) is 4.09. The minimum absolute atomic E-state index is 0.0316. The Morgan fingerprint density at radius 2 is 1.81 bits per heavy atom. The van der Waals surface area contributed by atoms with E-state index in [0.29, 0.717) is 5.56 Å². The number of hydrogen-bond acceptors (Lipinski definition) is 1. The Morgan fingerprint density at radius 3 is 2.19 bits per heavy atom. The lowest BCUT2D eigenvalue weighted by Crippen LogP contribution is -2.33. The maximum Gasteiger partial charge on any atom is 0.416 e. The standard InChI is InChI=1S/C11H14BF3O/c1-7(2)8-4-5-10(12(3)16)9(6-8)11(13,14)15/h4-7,16H,1-3H3.